The molecular formula is C7H10O3. The average molecular weight is 142 g/mol. The molecule has 1 rings (SSSR count). The summed E-state index contributed by atoms with van der Waals surface area (Å²) >= 11 is 0. The van der Waals surface area contributed by atoms with Gasteiger partial charge in [0.25, 0.3) is 0 Å². The lowest BCUT2D eigenvalue weighted by Crippen LogP contribution is -2.42. The molecule has 1 aliphatic heterocycles. The van der Waals surface area contributed by atoms with E-state index < -0.39 is 5.97 Å². The lowest BCUT2D eigenvalue weighted by Gasteiger charge is -2.37. The van der Waals surface area contributed by atoms with Gasteiger partial charge in [-0.3, -0.25) is 4.79 Å². The van der Waals surface area contributed by atoms with Gasteiger partial charge < -0.3 is 9.84 Å². The Kier molecular flexibility index (Phi) is 1.76. The Labute approximate surface area is 59.3 Å². The highest BCUT2D eigenvalue weighted by Crippen LogP contribution is 2.32. The molecule has 3 nitrogen and oxygen atoms in total. The van der Waals surface area contributed by atoms with Gasteiger partial charge in [-0.15, -0.1) is 6.58 Å². The largest absolute Gasteiger partial charge is 0.481 e. The Bertz CT molecular complexity index is 158. The van der Waals surface area contributed by atoms with Crippen LogP contribution in [-0.2, 0) is 9.53 Å². The van der Waals surface area contributed by atoms with Crippen LogP contribution >= 0.6 is 0 Å². The van der Waals surface area contributed by atoms with Crippen LogP contribution in [0.2, 0.25) is 0 Å². The highest BCUT2D eigenvalue weighted by Gasteiger charge is 2.37. The van der Waals surface area contributed by atoms with E-state index in [0.29, 0.717) is 13.2 Å². The Morgan fingerprint density at radius 3 is 2.50 bits per heavy atom. The van der Waals surface area contributed by atoms with Gasteiger partial charge in [0.1, 0.15) is 0 Å². The fraction of sp³-hybridized carbons (Fsp3) is 0.571. The molecule has 0 bridgehead atoms. The van der Waals surface area contributed by atoms with Crippen molar-refractivity contribution in [1.29, 1.82) is 0 Å². The van der Waals surface area contributed by atoms with Crippen molar-refractivity contribution in [3.63, 3.8) is 0 Å². The van der Waals surface area contributed by atoms with Crippen molar-refractivity contribution >= 4 is 5.97 Å². The average Bonchev–Trinajstić information content (AvgIpc) is 1.78. The van der Waals surface area contributed by atoms with E-state index in [1.54, 1.807) is 6.08 Å². The van der Waals surface area contributed by atoms with E-state index in [4.69, 9.17) is 9.84 Å². The summed E-state index contributed by atoms with van der Waals surface area (Å²) in [6, 6.07) is 0. The molecule has 1 aliphatic rings. The van der Waals surface area contributed by atoms with Crippen LogP contribution in [0.1, 0.15) is 6.42 Å². The quantitative estimate of drug-likeness (QED) is 0.589. The maximum Gasteiger partial charge on any atom is 0.304 e. The summed E-state index contributed by atoms with van der Waals surface area (Å²) in [5, 5.41) is 8.44. The smallest absolute Gasteiger partial charge is 0.304 e. The standard InChI is InChI=1S/C7H10O3/c1-2-7(3-6(8)9)4-10-5-7/h2H,1,3-5H2,(H,8,9). The van der Waals surface area contributed by atoms with E-state index in [-0.39, 0.29) is 11.8 Å². The second-order valence-corrected chi connectivity index (χ2v) is 2.63. The molecule has 0 spiro atoms. The number of hydrogen-bond donors (Lipinski definition) is 1. The molecule has 0 radical (unpaired) electrons. The van der Waals surface area contributed by atoms with Crippen LogP contribution in [0.25, 0.3) is 0 Å². The van der Waals surface area contributed by atoms with Crippen molar-refractivity contribution in [2.24, 2.45) is 5.41 Å². The van der Waals surface area contributed by atoms with Gasteiger partial charge in [-0.05, 0) is 0 Å². The van der Waals surface area contributed by atoms with Crippen molar-refractivity contribution in [2.75, 3.05) is 13.2 Å². The molecule has 1 N–H and O–H groups in total. The number of carboxylic acid groups (broad SMARTS) is 1. The summed E-state index contributed by atoms with van der Waals surface area (Å²) in [5.41, 5.74) is -0.272. The maximum absolute atomic E-state index is 10.3. The van der Waals surface area contributed by atoms with Crippen molar-refractivity contribution in [1.82, 2.24) is 0 Å². The Balaban J connectivity index is 2.48. The molecule has 0 atom stereocenters. The zero-order valence-corrected chi connectivity index (χ0v) is 5.67. The molecule has 0 unspecified atom stereocenters. The molecule has 10 heavy (non-hydrogen) atoms. The first-order valence-electron chi connectivity index (χ1n) is 3.12. The molecule has 0 aliphatic carbocycles. The van der Waals surface area contributed by atoms with Gasteiger partial charge >= 0.3 is 5.97 Å². The third kappa shape index (κ3) is 1.19. The van der Waals surface area contributed by atoms with Crippen LogP contribution in [0.5, 0.6) is 0 Å². The van der Waals surface area contributed by atoms with Crippen molar-refractivity contribution in [3.05, 3.63) is 12.7 Å². The summed E-state index contributed by atoms with van der Waals surface area (Å²) in [5.74, 6) is -0.789. The lowest BCUT2D eigenvalue weighted by atomic mass is 9.83. The van der Waals surface area contributed by atoms with E-state index in [1.807, 2.05) is 0 Å². The van der Waals surface area contributed by atoms with Crippen LogP contribution in [0.3, 0.4) is 0 Å². The minimum Gasteiger partial charge on any atom is -0.481 e. The number of rotatable bonds is 3. The molecule has 0 saturated carbocycles. The van der Waals surface area contributed by atoms with Crippen LogP contribution in [0.15, 0.2) is 12.7 Å². The summed E-state index contributed by atoms with van der Waals surface area (Å²) in [6.07, 6.45) is 1.81. The van der Waals surface area contributed by atoms with E-state index in [1.165, 1.54) is 0 Å². The fourth-order valence-electron chi connectivity index (χ4n) is 0.958. The second-order valence-electron chi connectivity index (χ2n) is 2.63. The minimum atomic E-state index is -0.789. The molecule has 1 saturated heterocycles. The van der Waals surface area contributed by atoms with Crippen LogP contribution in [0.4, 0.5) is 0 Å². The number of carbonyl (C=O) groups is 1. The fourth-order valence-corrected chi connectivity index (χ4v) is 0.958. The molecule has 56 valence electrons. The molecule has 0 aromatic rings. The van der Waals surface area contributed by atoms with Crippen molar-refractivity contribution < 1.29 is 14.6 Å². The third-order valence-electron chi connectivity index (χ3n) is 1.72. The molecule has 1 fully saturated rings. The first-order chi connectivity index (χ1) is 4.68. The Morgan fingerprint density at radius 2 is 2.40 bits per heavy atom. The van der Waals surface area contributed by atoms with E-state index >= 15 is 0 Å². The van der Waals surface area contributed by atoms with Gasteiger partial charge in [0.05, 0.1) is 19.6 Å². The monoisotopic (exact) mass is 142 g/mol. The van der Waals surface area contributed by atoms with E-state index in [2.05, 4.69) is 6.58 Å². The lowest BCUT2D eigenvalue weighted by molar-refractivity contribution is -0.148. The summed E-state index contributed by atoms with van der Waals surface area (Å²) in [4.78, 5) is 10.3. The SMILES string of the molecule is C=CC1(CC(=O)O)COC1. The zero-order chi connectivity index (χ0) is 7.61. The van der Waals surface area contributed by atoms with E-state index in [0.717, 1.165) is 0 Å². The normalized spacial score (nSPS) is 21.2. The van der Waals surface area contributed by atoms with Gasteiger partial charge in [-0.25, -0.2) is 0 Å². The van der Waals surface area contributed by atoms with Crippen LogP contribution < -0.4 is 0 Å². The summed E-state index contributed by atoms with van der Waals surface area (Å²) in [7, 11) is 0. The molecular weight excluding hydrogens is 132 g/mol. The number of hydrogen-bond acceptors (Lipinski definition) is 2. The Morgan fingerprint density at radius 1 is 1.80 bits per heavy atom. The first-order valence-corrected chi connectivity index (χ1v) is 3.12. The maximum atomic E-state index is 10.3. The van der Waals surface area contributed by atoms with Gasteiger partial charge in [-0.1, -0.05) is 6.08 Å². The van der Waals surface area contributed by atoms with Gasteiger partial charge in [0, 0.05) is 5.41 Å². The number of carboxylic acids is 1. The zero-order valence-electron chi connectivity index (χ0n) is 5.67. The van der Waals surface area contributed by atoms with Gasteiger partial charge in [0.15, 0.2) is 0 Å². The highest BCUT2D eigenvalue weighted by atomic mass is 16.5. The summed E-state index contributed by atoms with van der Waals surface area (Å²) in [6.45, 7) is 4.57. The number of aliphatic carboxylic acids is 1. The topological polar surface area (TPSA) is 46.5 Å². The van der Waals surface area contributed by atoms with Gasteiger partial charge in [-0.2, -0.15) is 0 Å². The molecule has 0 amide bonds. The Hall–Kier alpha value is -0.830. The minimum absolute atomic E-state index is 0.135. The summed E-state index contributed by atoms with van der Waals surface area (Å²) < 4.78 is 4.90. The van der Waals surface area contributed by atoms with Crippen molar-refractivity contribution in [3.8, 4) is 0 Å². The molecule has 0 aromatic heterocycles. The third-order valence-corrected chi connectivity index (χ3v) is 1.72. The highest BCUT2D eigenvalue weighted by molar-refractivity contribution is 5.68. The second kappa shape index (κ2) is 2.42. The van der Waals surface area contributed by atoms with Crippen LogP contribution in [-0.4, -0.2) is 24.3 Å². The van der Waals surface area contributed by atoms with Gasteiger partial charge in [0.2, 0.25) is 0 Å². The van der Waals surface area contributed by atoms with Crippen molar-refractivity contribution in [2.45, 2.75) is 6.42 Å². The predicted molar refractivity (Wildman–Crippen MR) is 35.7 cm³/mol. The predicted octanol–water partition coefficient (Wildman–Crippen LogP) is 0.664. The van der Waals surface area contributed by atoms with E-state index in [9.17, 15) is 4.79 Å². The molecule has 0 aromatic carbocycles. The molecule has 1 heterocycles. The first kappa shape index (κ1) is 7.28. The molecule has 3 heteroatoms. The number of ether oxygens (including phenoxy) is 1. The van der Waals surface area contributed by atoms with Crippen LogP contribution in [0, 0.1) is 5.41 Å².